The molecule has 6 nitrogen and oxygen atoms in total. The lowest BCUT2D eigenvalue weighted by molar-refractivity contribution is 0.118. The summed E-state index contributed by atoms with van der Waals surface area (Å²) in [5, 5.41) is 12.7. The first-order valence-corrected chi connectivity index (χ1v) is 7.55. The molecule has 1 aliphatic heterocycles. The van der Waals surface area contributed by atoms with Crippen molar-refractivity contribution in [1.82, 2.24) is 19.9 Å². The van der Waals surface area contributed by atoms with Crippen molar-refractivity contribution in [1.29, 1.82) is 5.26 Å². The maximum Gasteiger partial charge on any atom is 0.241 e. The first-order valence-electron chi connectivity index (χ1n) is 7.55. The molecular formula is C16H19N5O. The van der Waals surface area contributed by atoms with Gasteiger partial charge in [0, 0.05) is 44.7 Å². The summed E-state index contributed by atoms with van der Waals surface area (Å²) in [5.74, 6) is 1.30. The quantitative estimate of drug-likeness (QED) is 0.837. The largest absolute Gasteiger partial charge is 0.338 e. The fourth-order valence-corrected chi connectivity index (χ4v) is 2.59. The van der Waals surface area contributed by atoms with E-state index < -0.39 is 0 Å². The highest BCUT2D eigenvalue weighted by atomic mass is 16.5. The summed E-state index contributed by atoms with van der Waals surface area (Å²) < 4.78 is 5.35. The molecule has 0 aliphatic carbocycles. The topological polar surface area (TPSA) is 69.2 Å². The predicted molar refractivity (Wildman–Crippen MR) is 81.7 cm³/mol. The zero-order valence-electron chi connectivity index (χ0n) is 12.5. The van der Waals surface area contributed by atoms with Gasteiger partial charge in [-0.05, 0) is 0 Å². The van der Waals surface area contributed by atoms with E-state index in [2.05, 4.69) is 26.0 Å². The van der Waals surface area contributed by atoms with Crippen LogP contribution in [0.25, 0.3) is 11.4 Å². The highest BCUT2D eigenvalue weighted by Crippen LogP contribution is 2.16. The van der Waals surface area contributed by atoms with Gasteiger partial charge in [0.2, 0.25) is 11.7 Å². The van der Waals surface area contributed by atoms with E-state index in [0.29, 0.717) is 24.7 Å². The third kappa shape index (κ3) is 3.70. The number of nitrogens with zero attached hydrogens (tertiary/aromatic N) is 5. The Balaban J connectivity index is 1.53. The van der Waals surface area contributed by atoms with Gasteiger partial charge in [0.25, 0.3) is 0 Å². The van der Waals surface area contributed by atoms with Crippen LogP contribution in [0.5, 0.6) is 0 Å². The van der Waals surface area contributed by atoms with Crippen molar-refractivity contribution in [2.45, 2.75) is 13.0 Å². The highest BCUT2D eigenvalue weighted by Gasteiger charge is 2.19. The molecule has 0 N–H and O–H groups in total. The Kier molecular flexibility index (Phi) is 4.78. The van der Waals surface area contributed by atoms with Crippen LogP contribution in [0.4, 0.5) is 0 Å². The van der Waals surface area contributed by atoms with Crippen molar-refractivity contribution in [2.24, 2.45) is 0 Å². The van der Waals surface area contributed by atoms with E-state index in [1.54, 1.807) is 0 Å². The summed E-state index contributed by atoms with van der Waals surface area (Å²) in [6.07, 6.45) is 0.601. The van der Waals surface area contributed by atoms with Crippen LogP contribution in [-0.4, -0.2) is 52.7 Å². The summed E-state index contributed by atoms with van der Waals surface area (Å²) in [6, 6.07) is 12.0. The van der Waals surface area contributed by atoms with Crippen molar-refractivity contribution in [2.75, 3.05) is 32.7 Å². The minimum absolute atomic E-state index is 0.601. The summed E-state index contributed by atoms with van der Waals surface area (Å²) in [5.41, 5.74) is 0.971. The number of piperazine rings is 1. The number of benzene rings is 1. The average molecular weight is 297 g/mol. The first kappa shape index (κ1) is 14.7. The third-order valence-electron chi connectivity index (χ3n) is 3.86. The second-order valence-electron chi connectivity index (χ2n) is 5.40. The smallest absolute Gasteiger partial charge is 0.241 e. The Morgan fingerprint density at radius 3 is 2.55 bits per heavy atom. The molecule has 1 aromatic carbocycles. The maximum absolute atomic E-state index is 8.63. The molecule has 0 bridgehead atoms. The lowest BCUT2D eigenvalue weighted by atomic mass is 10.2. The van der Waals surface area contributed by atoms with Gasteiger partial charge in [0.15, 0.2) is 0 Å². The van der Waals surface area contributed by atoms with Gasteiger partial charge in [-0.15, -0.1) is 0 Å². The standard InChI is InChI=1S/C16H19N5O/c17-7-4-8-20-9-11-21(12-10-20)13-15-18-16(19-22-15)14-5-2-1-3-6-14/h1-3,5-6H,4,8-13H2. The molecule has 0 unspecified atom stereocenters. The van der Waals surface area contributed by atoms with Gasteiger partial charge in [-0.2, -0.15) is 10.2 Å². The van der Waals surface area contributed by atoms with Gasteiger partial charge < -0.3 is 4.52 Å². The zero-order chi connectivity index (χ0) is 15.2. The summed E-state index contributed by atoms with van der Waals surface area (Å²) in [6.45, 7) is 5.46. The van der Waals surface area contributed by atoms with Crippen molar-refractivity contribution < 1.29 is 4.52 Å². The Morgan fingerprint density at radius 1 is 1.09 bits per heavy atom. The lowest BCUT2D eigenvalue weighted by Crippen LogP contribution is -2.46. The van der Waals surface area contributed by atoms with Gasteiger partial charge >= 0.3 is 0 Å². The Labute approximate surface area is 129 Å². The first-order chi connectivity index (χ1) is 10.8. The molecule has 22 heavy (non-hydrogen) atoms. The molecular weight excluding hydrogens is 278 g/mol. The molecule has 0 atom stereocenters. The van der Waals surface area contributed by atoms with Crippen molar-refractivity contribution in [3.8, 4) is 17.5 Å². The normalized spacial score (nSPS) is 16.5. The van der Waals surface area contributed by atoms with Crippen LogP contribution < -0.4 is 0 Å². The number of aromatic nitrogens is 2. The van der Waals surface area contributed by atoms with E-state index in [1.165, 1.54) is 0 Å². The van der Waals surface area contributed by atoms with Crippen LogP contribution in [-0.2, 0) is 6.54 Å². The molecule has 0 radical (unpaired) electrons. The van der Waals surface area contributed by atoms with Crippen LogP contribution >= 0.6 is 0 Å². The highest BCUT2D eigenvalue weighted by molar-refractivity contribution is 5.53. The molecule has 1 saturated heterocycles. The van der Waals surface area contributed by atoms with Crippen LogP contribution in [0.3, 0.4) is 0 Å². The molecule has 2 heterocycles. The van der Waals surface area contributed by atoms with E-state index >= 15 is 0 Å². The van der Waals surface area contributed by atoms with E-state index in [-0.39, 0.29) is 0 Å². The Morgan fingerprint density at radius 2 is 1.82 bits per heavy atom. The van der Waals surface area contributed by atoms with Gasteiger partial charge in [-0.3, -0.25) is 9.80 Å². The van der Waals surface area contributed by atoms with Crippen LogP contribution in [0.2, 0.25) is 0 Å². The predicted octanol–water partition coefficient (Wildman–Crippen LogP) is 1.77. The number of rotatable bonds is 5. The summed E-state index contributed by atoms with van der Waals surface area (Å²) >= 11 is 0. The molecule has 114 valence electrons. The fourth-order valence-electron chi connectivity index (χ4n) is 2.59. The van der Waals surface area contributed by atoms with Gasteiger partial charge in [0.05, 0.1) is 12.6 Å². The molecule has 1 fully saturated rings. The van der Waals surface area contributed by atoms with Gasteiger partial charge in [-0.1, -0.05) is 35.5 Å². The zero-order valence-corrected chi connectivity index (χ0v) is 12.5. The molecule has 3 rings (SSSR count). The maximum atomic E-state index is 8.63. The van der Waals surface area contributed by atoms with Crippen molar-refractivity contribution in [3.63, 3.8) is 0 Å². The second kappa shape index (κ2) is 7.16. The monoisotopic (exact) mass is 297 g/mol. The molecule has 1 aliphatic rings. The van der Waals surface area contributed by atoms with Gasteiger partial charge in [-0.25, -0.2) is 0 Å². The SMILES string of the molecule is N#CCCN1CCN(Cc2nc(-c3ccccc3)no2)CC1. The molecule has 6 heteroatoms. The van der Waals surface area contributed by atoms with E-state index in [0.717, 1.165) is 38.3 Å². The fraction of sp³-hybridized carbons (Fsp3) is 0.438. The van der Waals surface area contributed by atoms with Crippen molar-refractivity contribution >= 4 is 0 Å². The number of nitriles is 1. The molecule has 0 amide bonds. The van der Waals surface area contributed by atoms with Crippen LogP contribution in [0, 0.1) is 11.3 Å². The van der Waals surface area contributed by atoms with E-state index in [4.69, 9.17) is 9.78 Å². The minimum Gasteiger partial charge on any atom is -0.338 e. The summed E-state index contributed by atoms with van der Waals surface area (Å²) in [4.78, 5) is 9.10. The van der Waals surface area contributed by atoms with Crippen LogP contribution in [0.15, 0.2) is 34.9 Å². The average Bonchev–Trinajstić information content (AvgIpc) is 3.04. The van der Waals surface area contributed by atoms with E-state index in [9.17, 15) is 0 Å². The Bertz CT molecular complexity index is 625. The molecule has 0 spiro atoms. The second-order valence-corrected chi connectivity index (χ2v) is 5.40. The lowest BCUT2D eigenvalue weighted by Gasteiger charge is -2.33. The minimum atomic E-state index is 0.601. The molecule has 0 saturated carbocycles. The van der Waals surface area contributed by atoms with Crippen molar-refractivity contribution in [3.05, 3.63) is 36.2 Å². The number of hydrogen-bond acceptors (Lipinski definition) is 6. The summed E-state index contributed by atoms with van der Waals surface area (Å²) in [7, 11) is 0. The van der Waals surface area contributed by atoms with Gasteiger partial charge in [0.1, 0.15) is 0 Å². The van der Waals surface area contributed by atoms with E-state index in [1.807, 2.05) is 30.3 Å². The Hall–Kier alpha value is -2.23. The molecule has 2 aromatic rings. The van der Waals surface area contributed by atoms with Crippen LogP contribution in [0.1, 0.15) is 12.3 Å². The third-order valence-corrected chi connectivity index (χ3v) is 3.86. The molecule has 1 aromatic heterocycles. The number of hydrogen-bond donors (Lipinski definition) is 0.